The highest BCUT2D eigenvalue weighted by molar-refractivity contribution is 7.18. The zero-order valence-electron chi connectivity index (χ0n) is 16.5. The molecule has 0 spiro atoms. The number of para-hydroxylation sites is 2. The van der Waals surface area contributed by atoms with Gasteiger partial charge in [-0.1, -0.05) is 12.1 Å². The first kappa shape index (κ1) is 21.5. The van der Waals surface area contributed by atoms with Gasteiger partial charge in [-0.2, -0.15) is 5.26 Å². The summed E-state index contributed by atoms with van der Waals surface area (Å²) >= 11 is 0.967. The predicted molar refractivity (Wildman–Crippen MR) is 116 cm³/mol. The molecule has 2 amide bonds. The van der Waals surface area contributed by atoms with Crippen molar-refractivity contribution in [3.05, 3.63) is 80.2 Å². The fourth-order valence-electron chi connectivity index (χ4n) is 2.79. The third-order valence-electron chi connectivity index (χ3n) is 4.39. The molecule has 0 saturated carbocycles. The monoisotopic (exact) mass is 436 g/mol. The molecule has 1 aromatic heterocycles. The van der Waals surface area contributed by atoms with Gasteiger partial charge in [-0.25, -0.2) is 0 Å². The number of nitrogens with zero attached hydrogens (tertiary/aromatic N) is 2. The molecular weight excluding hydrogens is 420 g/mol. The van der Waals surface area contributed by atoms with Crippen LogP contribution in [0.5, 0.6) is 5.75 Å². The zero-order valence-corrected chi connectivity index (χ0v) is 17.3. The maximum Gasteiger partial charge on any atom is 0.269 e. The van der Waals surface area contributed by atoms with Gasteiger partial charge < -0.3 is 15.4 Å². The van der Waals surface area contributed by atoms with E-state index in [-0.39, 0.29) is 26.7 Å². The smallest absolute Gasteiger partial charge is 0.269 e. The lowest BCUT2D eigenvalue weighted by molar-refractivity contribution is -0.384. The minimum Gasteiger partial charge on any atom is -0.495 e. The summed E-state index contributed by atoms with van der Waals surface area (Å²) in [5, 5.41) is 25.9. The molecule has 3 aromatic rings. The molecule has 0 atom stereocenters. The van der Waals surface area contributed by atoms with E-state index in [4.69, 9.17) is 4.74 Å². The van der Waals surface area contributed by atoms with Gasteiger partial charge in [0, 0.05) is 17.7 Å². The Morgan fingerprint density at radius 3 is 2.39 bits per heavy atom. The zero-order chi connectivity index (χ0) is 22.5. The summed E-state index contributed by atoms with van der Waals surface area (Å²) in [5.41, 5.74) is 1.11. The number of nitro groups is 1. The summed E-state index contributed by atoms with van der Waals surface area (Å²) in [6.45, 7) is 1.62. The number of benzene rings is 2. The van der Waals surface area contributed by atoms with Crippen LogP contribution in [0.1, 0.15) is 31.2 Å². The lowest BCUT2D eigenvalue weighted by Gasteiger charge is -2.09. The van der Waals surface area contributed by atoms with E-state index in [2.05, 4.69) is 10.6 Å². The van der Waals surface area contributed by atoms with Gasteiger partial charge in [-0.05, 0) is 36.8 Å². The lowest BCUT2D eigenvalue weighted by Crippen LogP contribution is -2.12. The molecular formula is C21H16N4O5S. The van der Waals surface area contributed by atoms with Crippen LogP contribution >= 0.6 is 11.3 Å². The molecule has 0 saturated heterocycles. The highest BCUT2D eigenvalue weighted by Gasteiger charge is 2.22. The fraction of sp³-hybridized carbons (Fsp3) is 0.0952. The van der Waals surface area contributed by atoms with E-state index < -0.39 is 16.7 Å². The average molecular weight is 436 g/mol. The number of carbonyl (C=O) groups is 2. The molecule has 3 rings (SSSR count). The quantitative estimate of drug-likeness (QED) is 0.436. The first-order valence-electron chi connectivity index (χ1n) is 8.89. The van der Waals surface area contributed by atoms with Crippen molar-refractivity contribution in [2.45, 2.75) is 6.92 Å². The maximum absolute atomic E-state index is 12.8. The van der Waals surface area contributed by atoms with Crippen molar-refractivity contribution in [3.8, 4) is 11.8 Å². The molecule has 0 fully saturated rings. The molecule has 2 aromatic carbocycles. The Morgan fingerprint density at radius 2 is 1.77 bits per heavy atom. The van der Waals surface area contributed by atoms with Crippen LogP contribution in [-0.2, 0) is 0 Å². The summed E-state index contributed by atoms with van der Waals surface area (Å²) in [7, 11) is 1.49. The van der Waals surface area contributed by atoms with Crippen molar-refractivity contribution in [1.82, 2.24) is 0 Å². The number of rotatable bonds is 6. The number of amides is 2. The molecule has 0 aliphatic heterocycles. The van der Waals surface area contributed by atoms with Crippen molar-refractivity contribution >= 4 is 39.5 Å². The number of nitriles is 1. The second kappa shape index (κ2) is 9.06. The third kappa shape index (κ3) is 4.52. The number of anilines is 2. The number of thiophene rings is 1. The van der Waals surface area contributed by atoms with E-state index in [1.807, 2.05) is 6.07 Å². The Bertz CT molecular complexity index is 1210. The van der Waals surface area contributed by atoms with Crippen LogP contribution < -0.4 is 15.4 Å². The fourth-order valence-corrected chi connectivity index (χ4v) is 3.84. The average Bonchev–Trinajstić information content (AvgIpc) is 3.09. The Balaban J connectivity index is 1.85. The maximum atomic E-state index is 12.8. The number of carbonyl (C=O) groups excluding carboxylic acids is 2. The van der Waals surface area contributed by atoms with Gasteiger partial charge in [-0.3, -0.25) is 19.7 Å². The summed E-state index contributed by atoms with van der Waals surface area (Å²) in [6, 6.07) is 14.0. The summed E-state index contributed by atoms with van der Waals surface area (Å²) in [4.78, 5) is 35.8. The number of methoxy groups -OCH3 is 1. The van der Waals surface area contributed by atoms with E-state index in [0.717, 1.165) is 11.3 Å². The molecule has 2 N–H and O–H groups in total. The van der Waals surface area contributed by atoms with Gasteiger partial charge in [0.15, 0.2) is 0 Å². The third-order valence-corrected chi connectivity index (χ3v) is 5.59. The molecule has 1 heterocycles. The molecule has 0 bridgehead atoms. The van der Waals surface area contributed by atoms with Gasteiger partial charge in [0.2, 0.25) is 0 Å². The van der Waals surface area contributed by atoms with Gasteiger partial charge in [0.05, 0.1) is 28.2 Å². The summed E-state index contributed by atoms with van der Waals surface area (Å²) in [6.07, 6.45) is 0. The Hall–Kier alpha value is -4.23. The summed E-state index contributed by atoms with van der Waals surface area (Å²) in [5.74, 6) is -0.513. The van der Waals surface area contributed by atoms with Crippen LogP contribution in [0.4, 0.5) is 16.4 Å². The molecule has 0 aliphatic carbocycles. The van der Waals surface area contributed by atoms with Crippen molar-refractivity contribution < 1.29 is 19.2 Å². The molecule has 10 heteroatoms. The molecule has 0 unspecified atom stereocenters. The second-order valence-corrected chi connectivity index (χ2v) is 7.31. The van der Waals surface area contributed by atoms with Crippen LogP contribution in [0.15, 0.2) is 48.5 Å². The minimum absolute atomic E-state index is 0.142. The van der Waals surface area contributed by atoms with Gasteiger partial charge in [-0.15, -0.1) is 11.3 Å². The van der Waals surface area contributed by atoms with Crippen LogP contribution in [0.2, 0.25) is 0 Å². The van der Waals surface area contributed by atoms with Gasteiger partial charge in [0.25, 0.3) is 17.5 Å². The van der Waals surface area contributed by atoms with Crippen molar-refractivity contribution in [1.29, 1.82) is 5.26 Å². The Labute approximate surface area is 181 Å². The second-order valence-electron chi connectivity index (χ2n) is 6.28. The number of nitrogens with one attached hydrogen (secondary N) is 2. The first-order chi connectivity index (χ1) is 14.8. The standard InChI is InChI=1S/C21H16N4O5S/c1-12-15(11-22)21(24-19(26)13-7-9-14(10-8-13)25(28)29)31-18(12)20(27)23-16-5-3-4-6-17(16)30-2/h3-10H,1-2H3,(H,23,27)(H,24,26). The highest BCUT2D eigenvalue weighted by atomic mass is 32.1. The SMILES string of the molecule is COc1ccccc1NC(=O)c1sc(NC(=O)c2ccc([N+](=O)[O-])cc2)c(C#N)c1C. The van der Waals surface area contributed by atoms with Crippen molar-refractivity contribution in [3.63, 3.8) is 0 Å². The predicted octanol–water partition coefficient (Wildman–Crippen LogP) is 4.35. The minimum atomic E-state index is -0.565. The molecule has 0 radical (unpaired) electrons. The normalized spacial score (nSPS) is 10.1. The van der Waals surface area contributed by atoms with Gasteiger partial charge >= 0.3 is 0 Å². The molecule has 9 nitrogen and oxygen atoms in total. The van der Waals surface area contributed by atoms with Crippen LogP contribution in [0.3, 0.4) is 0 Å². The lowest BCUT2D eigenvalue weighted by atomic mass is 10.1. The largest absolute Gasteiger partial charge is 0.495 e. The number of hydrogen-bond acceptors (Lipinski definition) is 7. The van der Waals surface area contributed by atoms with E-state index >= 15 is 0 Å². The first-order valence-corrected chi connectivity index (χ1v) is 9.71. The van der Waals surface area contributed by atoms with Crippen LogP contribution in [-0.4, -0.2) is 23.8 Å². The van der Waals surface area contributed by atoms with Crippen LogP contribution in [0.25, 0.3) is 0 Å². The number of ether oxygens (including phenoxy) is 1. The topological polar surface area (TPSA) is 134 Å². The van der Waals surface area contributed by atoms with Crippen molar-refractivity contribution in [2.24, 2.45) is 0 Å². The van der Waals surface area contributed by atoms with Crippen molar-refractivity contribution in [2.75, 3.05) is 17.7 Å². The van der Waals surface area contributed by atoms with E-state index in [1.54, 1.807) is 31.2 Å². The summed E-state index contributed by atoms with van der Waals surface area (Å²) < 4.78 is 5.22. The van der Waals surface area contributed by atoms with Crippen LogP contribution in [0, 0.1) is 28.4 Å². The Kier molecular flexibility index (Phi) is 6.28. The van der Waals surface area contributed by atoms with E-state index in [1.165, 1.54) is 31.4 Å². The van der Waals surface area contributed by atoms with E-state index in [9.17, 15) is 25.0 Å². The Morgan fingerprint density at radius 1 is 1.10 bits per heavy atom. The molecule has 31 heavy (non-hydrogen) atoms. The van der Waals surface area contributed by atoms with Gasteiger partial charge in [0.1, 0.15) is 16.8 Å². The number of nitro benzene ring substituents is 1. The molecule has 0 aliphatic rings. The number of hydrogen-bond donors (Lipinski definition) is 2. The molecule has 156 valence electrons. The van der Waals surface area contributed by atoms with E-state index in [0.29, 0.717) is 17.0 Å². The number of non-ortho nitro benzene ring substituents is 1. The highest BCUT2D eigenvalue weighted by Crippen LogP contribution is 2.34.